The molecule has 0 atom stereocenters. The number of allylic oxidation sites excluding steroid dienone is 3. The fourth-order valence-corrected chi connectivity index (χ4v) is 6.74. The minimum absolute atomic E-state index is 0.218. The molecular formula is C27H26N2O5S2. The molecule has 0 amide bonds. The number of sulfonamides is 1. The molecule has 3 aromatic carbocycles. The van der Waals surface area contributed by atoms with Crippen molar-refractivity contribution in [1.29, 1.82) is 0 Å². The van der Waals surface area contributed by atoms with Gasteiger partial charge in [-0.3, -0.25) is 19.3 Å². The van der Waals surface area contributed by atoms with Gasteiger partial charge in [0.25, 0.3) is 10.0 Å². The fourth-order valence-electron chi connectivity index (χ4n) is 4.48. The van der Waals surface area contributed by atoms with Gasteiger partial charge < -0.3 is 0 Å². The van der Waals surface area contributed by atoms with Crippen molar-refractivity contribution in [2.45, 2.75) is 26.7 Å². The average Bonchev–Trinajstić information content (AvgIpc) is 2.89. The van der Waals surface area contributed by atoms with Crippen LogP contribution in [0, 0.1) is 6.92 Å². The normalized spacial score (nSPS) is 15.0. The summed E-state index contributed by atoms with van der Waals surface area (Å²) in [5.41, 5.74) is 4.14. The molecular weight excluding hydrogens is 496 g/mol. The molecule has 2 aliphatic rings. The predicted molar refractivity (Wildman–Crippen MR) is 146 cm³/mol. The van der Waals surface area contributed by atoms with E-state index in [1.165, 1.54) is 7.11 Å². The fraction of sp³-hybridized carbons (Fsp3) is 0.185. The van der Waals surface area contributed by atoms with Crippen molar-refractivity contribution in [3.63, 3.8) is 0 Å². The van der Waals surface area contributed by atoms with E-state index in [1.807, 2.05) is 74.5 Å². The lowest BCUT2D eigenvalue weighted by Crippen LogP contribution is -2.19. The minimum Gasteiger partial charge on any atom is -0.294 e. The Labute approximate surface area is 214 Å². The molecule has 0 saturated carbocycles. The summed E-state index contributed by atoms with van der Waals surface area (Å²) in [5, 5.41) is 1.45. The van der Waals surface area contributed by atoms with Crippen LogP contribution in [0.5, 0.6) is 11.5 Å². The van der Waals surface area contributed by atoms with Gasteiger partial charge in [0.15, 0.2) is 11.5 Å². The Bertz CT molecular complexity index is 1540. The van der Waals surface area contributed by atoms with E-state index in [-0.39, 0.29) is 4.91 Å². The van der Waals surface area contributed by atoms with Gasteiger partial charge in [-0.1, -0.05) is 54.6 Å². The van der Waals surface area contributed by atoms with Crippen LogP contribution in [0.2, 0.25) is 0 Å². The number of anilines is 1. The summed E-state index contributed by atoms with van der Waals surface area (Å²) >= 11 is 1.13. The lowest BCUT2D eigenvalue weighted by atomic mass is 9.91. The van der Waals surface area contributed by atoms with E-state index in [9.17, 15) is 8.42 Å². The van der Waals surface area contributed by atoms with Gasteiger partial charge in [0, 0.05) is 26.8 Å². The lowest BCUT2D eigenvalue weighted by Gasteiger charge is -2.25. The van der Waals surface area contributed by atoms with Crippen molar-refractivity contribution >= 4 is 44.5 Å². The molecule has 3 aromatic rings. The second-order valence-corrected chi connectivity index (χ2v) is 10.9. The van der Waals surface area contributed by atoms with Gasteiger partial charge in [-0.05, 0) is 61.9 Å². The second-order valence-electron chi connectivity index (χ2n) is 8.39. The van der Waals surface area contributed by atoms with E-state index in [0.29, 0.717) is 33.9 Å². The predicted octanol–water partition coefficient (Wildman–Crippen LogP) is 6.64. The Morgan fingerprint density at radius 2 is 1.83 bits per heavy atom. The molecule has 1 aliphatic carbocycles. The summed E-state index contributed by atoms with van der Waals surface area (Å²) in [4.78, 5) is 19.8. The first kappa shape index (κ1) is 24.5. The third kappa shape index (κ3) is 4.39. The summed E-state index contributed by atoms with van der Waals surface area (Å²) in [7, 11) is -2.41. The first-order valence-electron chi connectivity index (χ1n) is 11.5. The van der Waals surface area contributed by atoms with Crippen LogP contribution >= 0.6 is 11.9 Å². The number of hydrogen-bond acceptors (Lipinski definition) is 7. The largest absolute Gasteiger partial charge is 0.294 e. The Kier molecular flexibility index (Phi) is 6.81. The highest BCUT2D eigenvalue weighted by Gasteiger charge is 2.29. The molecule has 36 heavy (non-hydrogen) atoms. The lowest BCUT2D eigenvalue weighted by molar-refractivity contribution is -0.101. The summed E-state index contributed by atoms with van der Waals surface area (Å²) < 4.78 is 30.1. The Hall–Kier alpha value is -3.24. The molecule has 2 N–H and O–H groups in total. The van der Waals surface area contributed by atoms with Gasteiger partial charge in [-0.25, -0.2) is 8.42 Å². The number of hydrogen-bond donors (Lipinski definition) is 2. The van der Waals surface area contributed by atoms with Crippen LogP contribution in [0.25, 0.3) is 28.0 Å². The molecule has 0 aromatic heterocycles. The highest BCUT2D eigenvalue weighted by atomic mass is 32.2. The molecule has 0 bridgehead atoms. The van der Waals surface area contributed by atoms with Gasteiger partial charge in [0.05, 0.1) is 17.7 Å². The van der Waals surface area contributed by atoms with Crippen LogP contribution < -0.4 is 19.4 Å². The highest BCUT2D eigenvalue weighted by molar-refractivity contribution is 8.04. The van der Waals surface area contributed by atoms with Crippen LogP contribution in [0.3, 0.4) is 0 Å². The second kappa shape index (κ2) is 10.0. The molecule has 9 heteroatoms. The van der Waals surface area contributed by atoms with Crippen molar-refractivity contribution in [3.8, 4) is 22.6 Å². The quantitative estimate of drug-likeness (QED) is 0.204. The number of aryl methyl sites for hydroxylation is 1. The van der Waals surface area contributed by atoms with Crippen molar-refractivity contribution < 1.29 is 23.0 Å². The molecule has 0 fully saturated rings. The van der Waals surface area contributed by atoms with Crippen LogP contribution in [0.1, 0.15) is 30.9 Å². The molecule has 0 unspecified atom stereocenters. The van der Waals surface area contributed by atoms with Crippen LogP contribution in [0.4, 0.5) is 5.69 Å². The van der Waals surface area contributed by atoms with Crippen LogP contribution in [0.15, 0.2) is 70.5 Å². The first-order chi connectivity index (χ1) is 17.4. The number of nitrogens with one attached hydrogen (secondary N) is 2. The van der Waals surface area contributed by atoms with Crippen LogP contribution in [-0.2, 0) is 14.9 Å². The molecule has 1 heterocycles. The zero-order valence-electron chi connectivity index (χ0n) is 20.1. The van der Waals surface area contributed by atoms with E-state index in [4.69, 9.17) is 14.6 Å². The van der Waals surface area contributed by atoms with Crippen molar-refractivity contribution in [2.24, 2.45) is 0 Å². The Morgan fingerprint density at radius 3 is 2.61 bits per heavy atom. The molecule has 1 aliphatic heterocycles. The maximum Gasteiger partial charge on any atom is 0.262 e. The SMILES string of the molecule is C/C=C\c1c(C)ccc2c1-c1cc(NS(=O)(=O)C3=CCCC=C3SNOC)c3ccccc3c1OO2. The zero-order valence-corrected chi connectivity index (χ0v) is 21.8. The summed E-state index contributed by atoms with van der Waals surface area (Å²) in [6, 6.07) is 13.2. The van der Waals surface area contributed by atoms with E-state index < -0.39 is 10.0 Å². The van der Waals surface area contributed by atoms with Crippen molar-refractivity contribution in [3.05, 3.63) is 81.6 Å². The number of benzene rings is 3. The van der Waals surface area contributed by atoms with Crippen LogP contribution in [-0.4, -0.2) is 15.5 Å². The molecule has 5 rings (SSSR count). The maximum absolute atomic E-state index is 13.6. The molecule has 0 radical (unpaired) electrons. The van der Waals surface area contributed by atoms with Gasteiger partial charge in [0.1, 0.15) is 0 Å². The Balaban J connectivity index is 1.67. The maximum atomic E-state index is 13.6. The summed E-state index contributed by atoms with van der Waals surface area (Å²) in [6.07, 6.45) is 9.03. The highest BCUT2D eigenvalue weighted by Crippen LogP contribution is 2.49. The molecule has 186 valence electrons. The van der Waals surface area contributed by atoms with E-state index in [2.05, 4.69) is 9.61 Å². The smallest absolute Gasteiger partial charge is 0.262 e. The minimum atomic E-state index is -3.90. The number of rotatable bonds is 7. The summed E-state index contributed by atoms with van der Waals surface area (Å²) in [5.74, 6) is 1.13. The van der Waals surface area contributed by atoms with Gasteiger partial charge >= 0.3 is 0 Å². The Morgan fingerprint density at radius 1 is 1.06 bits per heavy atom. The number of fused-ring (bicyclic) bond motifs is 5. The van der Waals surface area contributed by atoms with E-state index >= 15 is 0 Å². The van der Waals surface area contributed by atoms with Crippen molar-refractivity contribution in [2.75, 3.05) is 11.8 Å². The van der Waals surface area contributed by atoms with Gasteiger partial charge in [-0.2, -0.15) is 0 Å². The molecule has 0 saturated heterocycles. The van der Waals surface area contributed by atoms with Gasteiger partial charge in [-0.15, -0.1) is 4.89 Å². The summed E-state index contributed by atoms with van der Waals surface area (Å²) in [6.45, 7) is 3.99. The van der Waals surface area contributed by atoms with Gasteiger partial charge in [0.2, 0.25) is 0 Å². The molecule has 0 spiro atoms. The third-order valence-electron chi connectivity index (χ3n) is 6.08. The monoisotopic (exact) mass is 522 g/mol. The van der Waals surface area contributed by atoms with E-state index in [1.54, 1.807) is 6.08 Å². The zero-order chi connectivity index (χ0) is 25.3. The van der Waals surface area contributed by atoms with Crippen molar-refractivity contribution in [1.82, 2.24) is 4.89 Å². The average molecular weight is 523 g/mol. The third-order valence-corrected chi connectivity index (χ3v) is 8.52. The molecule has 7 nitrogen and oxygen atoms in total. The topological polar surface area (TPSA) is 85.9 Å². The van der Waals surface area contributed by atoms with E-state index in [0.717, 1.165) is 46.0 Å². The standard InChI is InChI=1S/C27H26N2O5S2/c1-4-9-18-17(2)14-15-23-26(18)21-16-22(19-10-5-6-11-20(19)27(21)34-33-23)28-36(30,31)25-13-8-7-12-24(25)35-29-32-3/h4-6,9-16,28-29H,7-8H2,1-3H3/b9-4-. The first-order valence-corrected chi connectivity index (χ1v) is 13.8.